The van der Waals surface area contributed by atoms with Crippen molar-refractivity contribution < 1.29 is 9.90 Å². The Balaban J connectivity index is 2.26. The average molecular weight is 270 g/mol. The van der Waals surface area contributed by atoms with Gasteiger partial charge in [0.25, 0.3) is 0 Å². The quantitative estimate of drug-likeness (QED) is 0.665. The second-order valence-corrected chi connectivity index (χ2v) is 6.30. The second-order valence-electron chi connectivity index (χ2n) is 6.30. The molecule has 0 spiro atoms. The van der Waals surface area contributed by atoms with Gasteiger partial charge in [0.1, 0.15) is 5.54 Å². The number of carboxylic acid groups (broad SMARTS) is 1. The number of nitrogens with one attached hydrogen (secondary N) is 1. The first kappa shape index (κ1) is 16.4. The van der Waals surface area contributed by atoms with Crippen LogP contribution >= 0.6 is 0 Å². The van der Waals surface area contributed by atoms with Crippen molar-refractivity contribution in [3.8, 4) is 0 Å². The van der Waals surface area contributed by atoms with Crippen LogP contribution < -0.4 is 5.32 Å². The van der Waals surface area contributed by atoms with Crippen LogP contribution in [0.4, 0.5) is 0 Å². The minimum Gasteiger partial charge on any atom is -0.480 e. The third-order valence-corrected chi connectivity index (χ3v) is 3.93. The molecule has 1 unspecified atom stereocenters. The molecule has 0 saturated carbocycles. The lowest BCUT2D eigenvalue weighted by molar-refractivity contribution is -0.144. The summed E-state index contributed by atoms with van der Waals surface area (Å²) in [6.45, 7) is 9.36. The van der Waals surface area contributed by atoms with E-state index in [2.05, 4.69) is 10.2 Å². The van der Waals surface area contributed by atoms with Crippen LogP contribution in [0, 0.1) is 0 Å². The van der Waals surface area contributed by atoms with E-state index in [9.17, 15) is 9.90 Å². The van der Waals surface area contributed by atoms with Crippen LogP contribution in [0.5, 0.6) is 0 Å². The number of hydrogen-bond donors (Lipinski definition) is 2. The maximum Gasteiger partial charge on any atom is 0.323 e. The van der Waals surface area contributed by atoms with E-state index in [1.54, 1.807) is 6.92 Å². The van der Waals surface area contributed by atoms with Crippen molar-refractivity contribution in [3.05, 3.63) is 0 Å². The lowest BCUT2D eigenvalue weighted by Crippen LogP contribution is -2.52. The lowest BCUT2D eigenvalue weighted by Gasteiger charge is -2.30. The van der Waals surface area contributed by atoms with Gasteiger partial charge in [0.15, 0.2) is 0 Å². The molecule has 4 heteroatoms. The van der Waals surface area contributed by atoms with Crippen LogP contribution in [-0.2, 0) is 4.79 Å². The zero-order valence-electron chi connectivity index (χ0n) is 12.7. The molecule has 0 aromatic carbocycles. The number of hydrogen-bond acceptors (Lipinski definition) is 3. The molecule has 1 aliphatic rings. The highest BCUT2D eigenvalue weighted by molar-refractivity contribution is 5.78. The van der Waals surface area contributed by atoms with E-state index in [0.29, 0.717) is 6.42 Å². The summed E-state index contributed by atoms with van der Waals surface area (Å²) < 4.78 is 0. The van der Waals surface area contributed by atoms with Gasteiger partial charge in [-0.15, -0.1) is 0 Å². The fraction of sp³-hybridized carbons (Fsp3) is 0.933. The predicted octanol–water partition coefficient (Wildman–Crippen LogP) is 2.48. The van der Waals surface area contributed by atoms with Gasteiger partial charge in [0.2, 0.25) is 0 Å². The smallest absolute Gasteiger partial charge is 0.323 e. The zero-order valence-corrected chi connectivity index (χ0v) is 12.7. The Bertz CT molecular complexity index is 275. The SMILES string of the molecule is CC(C)NC(C)(CCCCN1CCCCC1)C(=O)O. The number of carbonyl (C=O) groups is 1. The Labute approximate surface area is 117 Å². The Hall–Kier alpha value is -0.610. The highest BCUT2D eigenvalue weighted by Gasteiger charge is 2.32. The summed E-state index contributed by atoms with van der Waals surface area (Å²) in [7, 11) is 0. The van der Waals surface area contributed by atoms with E-state index in [0.717, 1.165) is 19.4 Å². The summed E-state index contributed by atoms with van der Waals surface area (Å²) in [6, 6.07) is 0.197. The molecular formula is C15H30N2O2. The lowest BCUT2D eigenvalue weighted by atomic mass is 9.94. The van der Waals surface area contributed by atoms with Crippen molar-refractivity contribution in [2.75, 3.05) is 19.6 Å². The number of rotatable bonds is 8. The highest BCUT2D eigenvalue weighted by Crippen LogP contribution is 2.16. The molecule has 0 aromatic rings. The average Bonchev–Trinajstić information content (AvgIpc) is 2.35. The van der Waals surface area contributed by atoms with Crippen LogP contribution in [0.3, 0.4) is 0 Å². The first-order valence-corrected chi connectivity index (χ1v) is 7.67. The van der Waals surface area contributed by atoms with Gasteiger partial charge in [-0.3, -0.25) is 10.1 Å². The fourth-order valence-corrected chi connectivity index (χ4v) is 2.87. The molecule has 1 atom stereocenters. The van der Waals surface area contributed by atoms with Crippen molar-refractivity contribution in [2.45, 2.75) is 70.9 Å². The molecule has 112 valence electrons. The van der Waals surface area contributed by atoms with Gasteiger partial charge in [-0.2, -0.15) is 0 Å². The topological polar surface area (TPSA) is 52.6 Å². The first-order valence-electron chi connectivity index (χ1n) is 7.67. The molecule has 1 aliphatic heterocycles. The van der Waals surface area contributed by atoms with Crippen LogP contribution in [0.25, 0.3) is 0 Å². The van der Waals surface area contributed by atoms with E-state index < -0.39 is 11.5 Å². The third kappa shape index (κ3) is 5.91. The van der Waals surface area contributed by atoms with Crippen molar-refractivity contribution in [1.29, 1.82) is 0 Å². The molecule has 1 rings (SSSR count). The van der Waals surface area contributed by atoms with Crippen molar-refractivity contribution >= 4 is 5.97 Å². The molecule has 2 N–H and O–H groups in total. The largest absolute Gasteiger partial charge is 0.480 e. The Morgan fingerprint density at radius 3 is 2.42 bits per heavy atom. The van der Waals surface area contributed by atoms with Crippen LogP contribution in [0.15, 0.2) is 0 Å². The van der Waals surface area contributed by atoms with Crippen LogP contribution in [-0.4, -0.2) is 47.2 Å². The summed E-state index contributed by atoms with van der Waals surface area (Å²) in [5.74, 6) is -0.737. The molecular weight excluding hydrogens is 240 g/mol. The minimum absolute atomic E-state index is 0.197. The van der Waals surface area contributed by atoms with E-state index in [-0.39, 0.29) is 6.04 Å². The molecule has 1 saturated heterocycles. The minimum atomic E-state index is -0.782. The van der Waals surface area contributed by atoms with Gasteiger partial charge in [-0.25, -0.2) is 0 Å². The summed E-state index contributed by atoms with van der Waals surface area (Å²) in [4.78, 5) is 13.9. The van der Waals surface area contributed by atoms with Gasteiger partial charge >= 0.3 is 5.97 Å². The van der Waals surface area contributed by atoms with Gasteiger partial charge in [-0.05, 0) is 72.5 Å². The van der Waals surface area contributed by atoms with Crippen LogP contribution in [0.1, 0.15) is 59.3 Å². The monoisotopic (exact) mass is 270 g/mol. The number of likely N-dealkylation sites (tertiary alicyclic amines) is 1. The second kappa shape index (κ2) is 7.85. The van der Waals surface area contributed by atoms with E-state index in [1.165, 1.54) is 32.4 Å². The zero-order chi connectivity index (χ0) is 14.3. The van der Waals surface area contributed by atoms with E-state index in [1.807, 2.05) is 13.8 Å². The standard InChI is InChI=1S/C15H30N2O2/c1-13(2)16-15(3,14(18)19)9-5-8-12-17-10-6-4-7-11-17/h13,16H,4-12H2,1-3H3,(H,18,19). The number of piperidine rings is 1. The molecule has 0 aromatic heterocycles. The number of carboxylic acids is 1. The third-order valence-electron chi connectivity index (χ3n) is 3.93. The van der Waals surface area contributed by atoms with Gasteiger partial charge in [0.05, 0.1) is 0 Å². The summed E-state index contributed by atoms with van der Waals surface area (Å²) >= 11 is 0. The molecule has 0 aliphatic carbocycles. The maximum atomic E-state index is 11.4. The Kier molecular flexibility index (Phi) is 6.80. The van der Waals surface area contributed by atoms with Gasteiger partial charge < -0.3 is 10.0 Å². The molecule has 4 nitrogen and oxygen atoms in total. The molecule has 0 amide bonds. The molecule has 0 bridgehead atoms. The number of aliphatic carboxylic acids is 1. The van der Waals surface area contributed by atoms with Gasteiger partial charge in [0, 0.05) is 6.04 Å². The maximum absolute atomic E-state index is 11.4. The molecule has 1 fully saturated rings. The van der Waals surface area contributed by atoms with Crippen molar-refractivity contribution in [1.82, 2.24) is 10.2 Å². The van der Waals surface area contributed by atoms with E-state index >= 15 is 0 Å². The fourth-order valence-electron chi connectivity index (χ4n) is 2.87. The Morgan fingerprint density at radius 1 is 1.26 bits per heavy atom. The van der Waals surface area contributed by atoms with E-state index in [4.69, 9.17) is 0 Å². The molecule has 0 radical (unpaired) electrons. The van der Waals surface area contributed by atoms with Crippen molar-refractivity contribution in [2.24, 2.45) is 0 Å². The van der Waals surface area contributed by atoms with Crippen molar-refractivity contribution in [3.63, 3.8) is 0 Å². The number of nitrogens with zero attached hydrogens (tertiary/aromatic N) is 1. The number of unbranched alkanes of at least 4 members (excludes halogenated alkanes) is 1. The summed E-state index contributed by atoms with van der Waals surface area (Å²) in [5, 5.41) is 12.5. The first-order chi connectivity index (χ1) is 8.94. The van der Waals surface area contributed by atoms with Gasteiger partial charge in [-0.1, -0.05) is 6.42 Å². The summed E-state index contributed by atoms with van der Waals surface area (Å²) in [6.07, 6.45) is 6.78. The Morgan fingerprint density at radius 2 is 1.89 bits per heavy atom. The normalized spacial score (nSPS) is 20.4. The summed E-state index contributed by atoms with van der Waals surface area (Å²) in [5.41, 5.74) is -0.782. The molecule has 1 heterocycles. The predicted molar refractivity (Wildman–Crippen MR) is 78.5 cm³/mol. The molecule has 19 heavy (non-hydrogen) atoms. The highest BCUT2D eigenvalue weighted by atomic mass is 16.4. The van der Waals surface area contributed by atoms with Crippen LogP contribution in [0.2, 0.25) is 0 Å².